The summed E-state index contributed by atoms with van der Waals surface area (Å²) in [5.41, 5.74) is 1.26. The van der Waals surface area contributed by atoms with Crippen molar-refractivity contribution in [1.82, 2.24) is 19.8 Å². The summed E-state index contributed by atoms with van der Waals surface area (Å²) < 4.78 is 23.6. The van der Waals surface area contributed by atoms with Crippen LogP contribution in [0.15, 0.2) is 6.33 Å². The Labute approximate surface area is 193 Å². The largest absolute Gasteiger partial charge is 0.356 e. The van der Waals surface area contributed by atoms with E-state index >= 15 is 0 Å². The van der Waals surface area contributed by atoms with Gasteiger partial charge in [0.2, 0.25) is 5.91 Å². The van der Waals surface area contributed by atoms with Crippen LogP contribution in [0.2, 0.25) is 0 Å². The van der Waals surface area contributed by atoms with Crippen molar-refractivity contribution < 1.29 is 13.2 Å². The monoisotopic (exact) mass is 477 g/mol. The van der Waals surface area contributed by atoms with Gasteiger partial charge >= 0.3 is 0 Å². The molecule has 3 saturated heterocycles. The molecule has 3 fully saturated rings. The highest BCUT2D eigenvalue weighted by atomic mass is 32.2. The molecular weight excluding hydrogens is 446 g/mol. The lowest BCUT2D eigenvalue weighted by molar-refractivity contribution is -0.138. The number of anilines is 1. The van der Waals surface area contributed by atoms with Gasteiger partial charge in [-0.15, -0.1) is 11.3 Å². The van der Waals surface area contributed by atoms with E-state index in [0.717, 1.165) is 61.5 Å². The van der Waals surface area contributed by atoms with E-state index in [0.29, 0.717) is 18.8 Å². The summed E-state index contributed by atoms with van der Waals surface area (Å²) >= 11 is 1.71. The molecule has 2 aromatic heterocycles. The molecule has 1 unspecified atom stereocenters. The van der Waals surface area contributed by atoms with Gasteiger partial charge in [0, 0.05) is 56.1 Å². The molecule has 5 rings (SSSR count). The second-order valence-corrected chi connectivity index (χ2v) is 12.8. The van der Waals surface area contributed by atoms with Crippen molar-refractivity contribution >= 4 is 43.1 Å². The van der Waals surface area contributed by atoms with E-state index < -0.39 is 9.84 Å². The van der Waals surface area contributed by atoms with E-state index in [1.165, 1.54) is 10.4 Å². The third kappa shape index (κ3) is 4.12. The molecule has 3 aliphatic heterocycles. The number of amides is 1. The molecule has 2 aromatic rings. The minimum atomic E-state index is -2.87. The summed E-state index contributed by atoms with van der Waals surface area (Å²) in [6.07, 6.45) is 4.06. The molecule has 1 atom stereocenters. The number of aromatic nitrogens is 2. The second-order valence-electron chi connectivity index (χ2n) is 9.34. The van der Waals surface area contributed by atoms with Crippen LogP contribution in [0, 0.1) is 19.8 Å². The lowest BCUT2D eigenvalue weighted by atomic mass is 9.94. The Hall–Kier alpha value is -1.78. The molecule has 5 heterocycles. The van der Waals surface area contributed by atoms with Gasteiger partial charge in [-0.05, 0) is 38.7 Å². The number of sulfone groups is 1. The quantitative estimate of drug-likeness (QED) is 0.667. The first-order chi connectivity index (χ1) is 15.3. The highest BCUT2D eigenvalue weighted by Gasteiger charge is 2.36. The summed E-state index contributed by atoms with van der Waals surface area (Å²) in [5, 5.41) is 1.16. The molecule has 3 aliphatic rings. The van der Waals surface area contributed by atoms with Gasteiger partial charge in [-0.25, -0.2) is 18.4 Å². The molecule has 0 saturated carbocycles. The zero-order chi connectivity index (χ0) is 22.5. The van der Waals surface area contributed by atoms with Crippen LogP contribution >= 0.6 is 11.3 Å². The Morgan fingerprint density at radius 1 is 1.03 bits per heavy atom. The van der Waals surface area contributed by atoms with Gasteiger partial charge in [0.15, 0.2) is 9.84 Å². The number of aryl methyl sites for hydroxylation is 2. The van der Waals surface area contributed by atoms with Crippen LogP contribution in [0.1, 0.15) is 29.7 Å². The standard InChI is InChI=1S/C22H31N5O3S2/c1-15-16(2)31-21-19(15)20(23-14-24-21)26-6-3-17(4-7-26)22(28)27-10-8-25(9-11-27)18-5-12-32(29,30)13-18/h14,17-18H,3-13H2,1-2H3. The van der Waals surface area contributed by atoms with Gasteiger partial charge in [0.25, 0.3) is 0 Å². The highest BCUT2D eigenvalue weighted by molar-refractivity contribution is 7.91. The number of piperidine rings is 1. The number of carbonyl (C=O) groups is 1. The van der Waals surface area contributed by atoms with E-state index in [1.54, 1.807) is 17.7 Å². The van der Waals surface area contributed by atoms with Crippen LogP contribution < -0.4 is 4.90 Å². The highest BCUT2D eigenvalue weighted by Crippen LogP contribution is 2.35. The lowest BCUT2D eigenvalue weighted by Gasteiger charge is -2.40. The molecule has 0 bridgehead atoms. The molecule has 0 aromatic carbocycles. The fourth-order valence-electron chi connectivity index (χ4n) is 5.37. The Morgan fingerprint density at radius 2 is 1.75 bits per heavy atom. The SMILES string of the molecule is Cc1sc2ncnc(N3CCC(C(=O)N4CCN(C5CCS(=O)(=O)C5)CC4)CC3)c2c1C. The Kier molecular flexibility index (Phi) is 5.88. The Bertz CT molecular complexity index is 1120. The number of nitrogens with zero attached hydrogens (tertiary/aromatic N) is 5. The third-order valence-corrected chi connectivity index (χ3v) is 10.3. The van der Waals surface area contributed by atoms with Crippen LogP contribution in [-0.2, 0) is 14.6 Å². The minimum absolute atomic E-state index is 0.0623. The van der Waals surface area contributed by atoms with Crippen molar-refractivity contribution in [3.05, 3.63) is 16.8 Å². The molecule has 32 heavy (non-hydrogen) atoms. The molecule has 0 spiro atoms. The molecule has 0 radical (unpaired) electrons. The zero-order valence-corrected chi connectivity index (χ0v) is 20.4. The smallest absolute Gasteiger partial charge is 0.225 e. The molecular formula is C22H31N5O3S2. The number of rotatable bonds is 3. The fraction of sp³-hybridized carbons (Fsp3) is 0.682. The minimum Gasteiger partial charge on any atom is -0.356 e. The van der Waals surface area contributed by atoms with E-state index in [2.05, 4.69) is 33.6 Å². The second kappa shape index (κ2) is 8.53. The summed E-state index contributed by atoms with van der Waals surface area (Å²) in [6, 6.07) is 0.134. The van der Waals surface area contributed by atoms with Crippen molar-refractivity contribution in [2.45, 2.75) is 39.2 Å². The van der Waals surface area contributed by atoms with Gasteiger partial charge in [-0.1, -0.05) is 0 Å². The van der Waals surface area contributed by atoms with Crippen LogP contribution in [0.5, 0.6) is 0 Å². The molecule has 8 nitrogen and oxygen atoms in total. The van der Waals surface area contributed by atoms with Gasteiger partial charge in [-0.3, -0.25) is 9.69 Å². The first-order valence-corrected chi connectivity index (χ1v) is 14.1. The summed E-state index contributed by atoms with van der Waals surface area (Å²) in [6.45, 7) is 8.89. The van der Waals surface area contributed by atoms with E-state index in [9.17, 15) is 13.2 Å². The van der Waals surface area contributed by atoms with Crippen molar-refractivity contribution in [2.75, 3.05) is 55.7 Å². The first kappa shape index (κ1) is 22.0. The maximum absolute atomic E-state index is 13.2. The van der Waals surface area contributed by atoms with Gasteiger partial charge in [0.1, 0.15) is 17.0 Å². The molecule has 0 N–H and O–H groups in total. The van der Waals surface area contributed by atoms with Crippen LogP contribution in [0.25, 0.3) is 10.2 Å². The van der Waals surface area contributed by atoms with Gasteiger partial charge in [-0.2, -0.15) is 0 Å². The van der Waals surface area contributed by atoms with Crippen molar-refractivity contribution in [3.8, 4) is 0 Å². The third-order valence-electron chi connectivity index (χ3n) is 7.44. The maximum Gasteiger partial charge on any atom is 0.225 e. The number of thiophene rings is 1. The summed E-state index contributed by atoms with van der Waals surface area (Å²) in [7, 11) is -2.87. The lowest BCUT2D eigenvalue weighted by Crippen LogP contribution is -2.54. The Morgan fingerprint density at radius 3 is 2.41 bits per heavy atom. The number of piperazine rings is 1. The maximum atomic E-state index is 13.2. The fourth-order valence-corrected chi connectivity index (χ4v) is 8.12. The average molecular weight is 478 g/mol. The van der Waals surface area contributed by atoms with Crippen LogP contribution in [0.4, 0.5) is 5.82 Å². The van der Waals surface area contributed by atoms with Crippen molar-refractivity contribution in [2.24, 2.45) is 5.92 Å². The van der Waals surface area contributed by atoms with E-state index in [4.69, 9.17) is 0 Å². The normalized spacial score (nSPS) is 25.0. The zero-order valence-electron chi connectivity index (χ0n) is 18.8. The van der Waals surface area contributed by atoms with Crippen molar-refractivity contribution in [1.29, 1.82) is 0 Å². The van der Waals surface area contributed by atoms with Gasteiger partial charge < -0.3 is 9.80 Å². The molecule has 0 aliphatic carbocycles. The topological polar surface area (TPSA) is 86.7 Å². The summed E-state index contributed by atoms with van der Waals surface area (Å²) in [5.74, 6) is 1.91. The molecule has 1 amide bonds. The number of fused-ring (bicyclic) bond motifs is 1. The van der Waals surface area contributed by atoms with E-state index in [1.807, 2.05) is 4.90 Å². The average Bonchev–Trinajstić information content (AvgIpc) is 3.31. The van der Waals surface area contributed by atoms with E-state index in [-0.39, 0.29) is 23.6 Å². The summed E-state index contributed by atoms with van der Waals surface area (Å²) in [4.78, 5) is 31.1. The number of hydrogen-bond donors (Lipinski definition) is 0. The van der Waals surface area contributed by atoms with Crippen LogP contribution in [0.3, 0.4) is 0 Å². The molecule has 174 valence electrons. The van der Waals surface area contributed by atoms with Gasteiger partial charge in [0.05, 0.1) is 16.9 Å². The predicted molar refractivity (Wildman–Crippen MR) is 127 cm³/mol. The first-order valence-electron chi connectivity index (χ1n) is 11.5. The van der Waals surface area contributed by atoms with Crippen LogP contribution in [-0.4, -0.2) is 90.9 Å². The number of carbonyl (C=O) groups excluding carboxylic acids is 1. The Balaban J connectivity index is 1.17. The molecule has 10 heteroatoms. The number of hydrogen-bond acceptors (Lipinski definition) is 8. The predicted octanol–water partition coefficient (Wildman–Crippen LogP) is 1.86. The van der Waals surface area contributed by atoms with Crippen molar-refractivity contribution in [3.63, 3.8) is 0 Å².